The standard InChI is InChI=1S/C25H27N5O6S/c1-27-21(33)25(22(34)28(2)24(27)35)13-15-11-14(6-7-17(15)29-8-4-5-18(25)29)12-16-19(31)26-23(37)30(20(16)32)9-10-36-3/h6-7,11-12,18H,4-5,8-10,13H2,1-3H3,(H,26,31,37)/b16-12+/t18-/m1/s1. The first kappa shape index (κ1) is 25.0. The molecule has 4 aliphatic rings. The van der Waals surface area contributed by atoms with Crippen molar-refractivity contribution >= 4 is 58.8 Å². The molecule has 12 heteroatoms. The van der Waals surface area contributed by atoms with Crippen LogP contribution >= 0.6 is 12.2 Å². The summed E-state index contributed by atoms with van der Waals surface area (Å²) < 4.78 is 5.04. The van der Waals surface area contributed by atoms with E-state index in [-0.39, 0.29) is 36.3 Å². The third-order valence-corrected chi connectivity index (χ3v) is 7.99. The topological polar surface area (TPSA) is 120 Å². The van der Waals surface area contributed by atoms with Gasteiger partial charge in [0.05, 0.1) is 19.2 Å². The van der Waals surface area contributed by atoms with Crippen molar-refractivity contribution < 1.29 is 28.7 Å². The number of rotatable bonds is 4. The number of urea groups is 1. The Bertz CT molecular complexity index is 1270. The van der Waals surface area contributed by atoms with E-state index < -0.39 is 35.1 Å². The number of hydrogen-bond acceptors (Lipinski definition) is 8. The molecule has 4 aliphatic heterocycles. The third-order valence-electron chi connectivity index (χ3n) is 7.67. The van der Waals surface area contributed by atoms with Crippen molar-refractivity contribution in [2.24, 2.45) is 5.41 Å². The van der Waals surface area contributed by atoms with Crippen molar-refractivity contribution in [1.82, 2.24) is 20.0 Å². The summed E-state index contributed by atoms with van der Waals surface area (Å²) in [5.41, 5.74) is 0.705. The fourth-order valence-electron chi connectivity index (χ4n) is 5.87. The van der Waals surface area contributed by atoms with Gasteiger partial charge in [0, 0.05) is 33.4 Å². The molecular weight excluding hydrogens is 498 g/mol. The molecule has 1 N–H and O–H groups in total. The molecule has 5 rings (SSSR count). The predicted molar refractivity (Wildman–Crippen MR) is 136 cm³/mol. The second kappa shape index (κ2) is 9.03. The molecule has 0 saturated carbocycles. The Hall–Kier alpha value is -3.64. The summed E-state index contributed by atoms with van der Waals surface area (Å²) in [5.74, 6) is -2.14. The fraction of sp³-hybridized carbons (Fsp3) is 0.440. The molecule has 0 bridgehead atoms. The van der Waals surface area contributed by atoms with Crippen molar-refractivity contribution in [3.63, 3.8) is 0 Å². The largest absolute Gasteiger partial charge is 0.383 e. The molecule has 0 aromatic heterocycles. The van der Waals surface area contributed by atoms with E-state index in [1.165, 1.54) is 32.2 Å². The van der Waals surface area contributed by atoms with Crippen LogP contribution in [0.15, 0.2) is 23.8 Å². The molecule has 1 atom stereocenters. The normalized spacial score (nSPS) is 24.3. The molecule has 6 amide bonds. The predicted octanol–water partition coefficient (Wildman–Crippen LogP) is 0.521. The van der Waals surface area contributed by atoms with Crippen molar-refractivity contribution in [2.75, 3.05) is 45.8 Å². The highest BCUT2D eigenvalue weighted by molar-refractivity contribution is 7.80. The molecule has 4 heterocycles. The van der Waals surface area contributed by atoms with Crippen LogP contribution in [0.2, 0.25) is 0 Å². The van der Waals surface area contributed by atoms with Gasteiger partial charge in [-0.1, -0.05) is 6.07 Å². The molecule has 0 radical (unpaired) electrons. The first-order valence-electron chi connectivity index (χ1n) is 12.0. The Morgan fingerprint density at radius 2 is 1.84 bits per heavy atom. The SMILES string of the molecule is COCCN1C(=O)/C(=C/c2ccc3c(c2)CC2(C(=O)N(C)C(=O)N(C)C2=O)[C@H]2CCCN32)C(=O)NC1=S. The smallest absolute Gasteiger partial charge is 0.332 e. The highest BCUT2D eigenvalue weighted by Crippen LogP contribution is 2.49. The Morgan fingerprint density at radius 1 is 1.14 bits per heavy atom. The summed E-state index contributed by atoms with van der Waals surface area (Å²) in [4.78, 5) is 70.6. The number of barbiturate groups is 1. The van der Waals surface area contributed by atoms with E-state index in [0.717, 1.165) is 27.5 Å². The second-order valence-electron chi connectivity index (χ2n) is 9.67. The van der Waals surface area contributed by atoms with E-state index in [0.29, 0.717) is 18.5 Å². The van der Waals surface area contributed by atoms with Crippen molar-refractivity contribution in [3.05, 3.63) is 34.9 Å². The Balaban J connectivity index is 1.55. The highest BCUT2D eigenvalue weighted by atomic mass is 32.1. The molecule has 194 valence electrons. The zero-order valence-corrected chi connectivity index (χ0v) is 21.6. The molecule has 3 fully saturated rings. The van der Waals surface area contributed by atoms with Gasteiger partial charge in [0.1, 0.15) is 5.57 Å². The molecule has 1 spiro atoms. The van der Waals surface area contributed by atoms with Gasteiger partial charge in [-0.05, 0) is 60.8 Å². The van der Waals surface area contributed by atoms with Crippen LogP contribution < -0.4 is 10.2 Å². The number of anilines is 1. The maximum atomic E-state index is 13.6. The lowest BCUT2D eigenvalue weighted by molar-refractivity contribution is -0.159. The fourth-order valence-corrected chi connectivity index (χ4v) is 6.14. The number of imide groups is 2. The molecular formula is C25H27N5O6S. The zero-order valence-electron chi connectivity index (χ0n) is 20.8. The van der Waals surface area contributed by atoms with Crippen molar-refractivity contribution in [3.8, 4) is 0 Å². The average molecular weight is 526 g/mol. The van der Waals surface area contributed by atoms with Gasteiger partial charge in [-0.15, -0.1) is 0 Å². The number of nitrogens with one attached hydrogen (secondary N) is 1. The molecule has 0 aliphatic carbocycles. The summed E-state index contributed by atoms with van der Waals surface area (Å²) in [6, 6.07) is 4.48. The van der Waals surface area contributed by atoms with Gasteiger partial charge in [-0.2, -0.15) is 0 Å². The van der Waals surface area contributed by atoms with Gasteiger partial charge in [0.15, 0.2) is 10.5 Å². The number of ether oxygens (including phenoxy) is 1. The maximum absolute atomic E-state index is 13.6. The van der Waals surface area contributed by atoms with E-state index in [4.69, 9.17) is 17.0 Å². The van der Waals surface area contributed by atoms with Crippen molar-refractivity contribution in [1.29, 1.82) is 0 Å². The Kier molecular flexibility index (Phi) is 6.11. The number of carbonyl (C=O) groups excluding carboxylic acids is 5. The minimum atomic E-state index is -1.42. The third kappa shape index (κ3) is 3.65. The van der Waals surface area contributed by atoms with E-state index in [1.54, 1.807) is 12.1 Å². The summed E-state index contributed by atoms with van der Waals surface area (Å²) >= 11 is 5.14. The van der Waals surface area contributed by atoms with Crippen LogP contribution in [0, 0.1) is 5.41 Å². The van der Waals surface area contributed by atoms with Crippen molar-refractivity contribution in [2.45, 2.75) is 25.3 Å². The number of amides is 6. The lowest BCUT2D eigenvalue weighted by Crippen LogP contribution is -2.70. The number of benzene rings is 1. The number of nitrogens with zero attached hydrogens (tertiary/aromatic N) is 4. The van der Waals surface area contributed by atoms with Crippen LogP contribution in [0.25, 0.3) is 6.08 Å². The second-order valence-corrected chi connectivity index (χ2v) is 10.1. The van der Waals surface area contributed by atoms with Crippen LogP contribution in [0.4, 0.5) is 10.5 Å². The van der Waals surface area contributed by atoms with Gasteiger partial charge < -0.3 is 9.64 Å². The molecule has 37 heavy (non-hydrogen) atoms. The van der Waals surface area contributed by atoms with Gasteiger partial charge in [0.2, 0.25) is 11.8 Å². The molecule has 11 nitrogen and oxygen atoms in total. The minimum Gasteiger partial charge on any atom is -0.383 e. The quantitative estimate of drug-likeness (QED) is 0.262. The molecule has 1 aromatic carbocycles. The Labute approximate surface area is 219 Å². The zero-order chi connectivity index (χ0) is 26.6. The van der Waals surface area contributed by atoms with Crippen LogP contribution in [-0.2, 0) is 30.3 Å². The summed E-state index contributed by atoms with van der Waals surface area (Å²) in [6.45, 7) is 1.12. The molecule has 1 aromatic rings. The number of thiocarbonyl (C=S) groups is 1. The maximum Gasteiger partial charge on any atom is 0.332 e. The Morgan fingerprint density at radius 3 is 2.51 bits per heavy atom. The van der Waals surface area contributed by atoms with Gasteiger partial charge in [0.25, 0.3) is 11.8 Å². The lowest BCUT2D eigenvalue weighted by Gasteiger charge is -2.50. The first-order chi connectivity index (χ1) is 17.6. The van der Waals surface area contributed by atoms with Gasteiger partial charge >= 0.3 is 6.03 Å². The average Bonchev–Trinajstić information content (AvgIpc) is 3.38. The number of hydrogen-bond donors (Lipinski definition) is 1. The van der Waals surface area contributed by atoms with E-state index in [1.807, 2.05) is 6.07 Å². The van der Waals surface area contributed by atoms with Crippen LogP contribution in [-0.4, -0.2) is 96.4 Å². The summed E-state index contributed by atoms with van der Waals surface area (Å²) in [7, 11) is 4.31. The van der Waals surface area contributed by atoms with Crippen LogP contribution in [0.5, 0.6) is 0 Å². The highest BCUT2D eigenvalue weighted by Gasteiger charge is 2.63. The number of methoxy groups -OCH3 is 1. The monoisotopic (exact) mass is 525 g/mol. The first-order valence-corrected chi connectivity index (χ1v) is 12.4. The van der Waals surface area contributed by atoms with Gasteiger partial charge in [-0.25, -0.2) is 4.79 Å². The summed E-state index contributed by atoms with van der Waals surface area (Å²) in [6.07, 6.45) is 3.06. The summed E-state index contributed by atoms with van der Waals surface area (Å²) in [5, 5.41) is 2.56. The molecule has 3 saturated heterocycles. The minimum absolute atomic E-state index is 0.0220. The lowest BCUT2D eigenvalue weighted by atomic mass is 9.68. The number of fused-ring (bicyclic) bond motifs is 4. The van der Waals surface area contributed by atoms with E-state index in [2.05, 4.69) is 10.2 Å². The molecule has 0 unspecified atom stereocenters. The number of carbonyl (C=O) groups is 5. The van der Waals surface area contributed by atoms with Gasteiger partial charge in [-0.3, -0.25) is 39.2 Å². The van der Waals surface area contributed by atoms with Crippen LogP contribution in [0.3, 0.4) is 0 Å². The van der Waals surface area contributed by atoms with E-state index >= 15 is 0 Å². The van der Waals surface area contributed by atoms with Crippen LogP contribution in [0.1, 0.15) is 24.0 Å². The van der Waals surface area contributed by atoms with E-state index in [9.17, 15) is 24.0 Å².